The lowest BCUT2D eigenvalue weighted by Crippen LogP contribution is -2.46. The molecule has 0 aromatic rings. The van der Waals surface area contributed by atoms with Gasteiger partial charge in [0.1, 0.15) is 0 Å². The maximum absolute atomic E-state index is 13.0. The summed E-state index contributed by atoms with van der Waals surface area (Å²) in [6.07, 6.45) is 39.0. The first-order valence-corrected chi connectivity index (χ1v) is 23.1. The molecule has 0 aliphatic carbocycles. The topological polar surface area (TPSA) is 84.9 Å². The molecule has 0 heterocycles. The Kier molecular flexibility index (Phi) is 33.6. The standard InChI is InChI=1S/C42H85N2O5P/c1-7-9-11-13-15-17-19-21-22-24-26-28-30-32-34-36-42(45)43-40(39-49-50(46,47)38-37-44(3,4)5)41(48-6)35-33-31-29-27-25-23-20-18-16-14-12-10-8-2/h33,35,40-41H,7-32,34,36-39H2,1-6H3,(H-,43,45,46,47)/p+1/b35-33+/t40-,41+/m0/s1. The predicted molar refractivity (Wildman–Crippen MR) is 216 cm³/mol. The number of nitrogens with one attached hydrogen (secondary N) is 1. The van der Waals surface area contributed by atoms with Gasteiger partial charge in [0, 0.05) is 13.5 Å². The zero-order chi connectivity index (χ0) is 37.2. The lowest BCUT2D eigenvalue weighted by Gasteiger charge is -2.27. The summed E-state index contributed by atoms with van der Waals surface area (Å²) in [6.45, 7) is 5.01. The maximum atomic E-state index is 13.0. The highest BCUT2D eigenvalue weighted by Crippen LogP contribution is 2.42. The second kappa shape index (κ2) is 34.1. The summed E-state index contributed by atoms with van der Waals surface area (Å²) >= 11 is 0. The van der Waals surface area contributed by atoms with E-state index in [1.165, 1.54) is 148 Å². The molecule has 3 atom stereocenters. The van der Waals surface area contributed by atoms with E-state index in [0.717, 1.165) is 25.7 Å². The van der Waals surface area contributed by atoms with Gasteiger partial charge in [-0.15, -0.1) is 0 Å². The minimum absolute atomic E-state index is 0.0479. The van der Waals surface area contributed by atoms with Gasteiger partial charge in [0.15, 0.2) is 0 Å². The van der Waals surface area contributed by atoms with Gasteiger partial charge < -0.3 is 24.0 Å². The van der Waals surface area contributed by atoms with Gasteiger partial charge in [-0.25, -0.2) is 0 Å². The van der Waals surface area contributed by atoms with Crippen LogP contribution in [0.1, 0.15) is 194 Å². The number of carbonyl (C=O) groups excluding carboxylic acids is 1. The molecule has 0 aliphatic heterocycles. The monoisotopic (exact) mass is 730 g/mol. The van der Waals surface area contributed by atoms with E-state index in [4.69, 9.17) is 9.26 Å². The molecule has 0 saturated heterocycles. The molecule has 0 radical (unpaired) electrons. The van der Waals surface area contributed by atoms with E-state index < -0.39 is 19.7 Å². The van der Waals surface area contributed by atoms with Gasteiger partial charge in [-0.3, -0.25) is 9.36 Å². The Morgan fingerprint density at radius 3 is 1.48 bits per heavy atom. The van der Waals surface area contributed by atoms with E-state index in [1.54, 1.807) is 7.11 Å². The highest BCUT2D eigenvalue weighted by atomic mass is 31.2. The summed E-state index contributed by atoms with van der Waals surface area (Å²) in [5, 5.41) is 3.08. The molecule has 7 nitrogen and oxygen atoms in total. The number of hydrogen-bond donors (Lipinski definition) is 2. The number of unbranched alkanes of at least 4 members (excludes halogenated alkanes) is 25. The average molecular weight is 730 g/mol. The first kappa shape index (κ1) is 49.3. The van der Waals surface area contributed by atoms with Gasteiger partial charge in [0.05, 0.1) is 52.6 Å². The van der Waals surface area contributed by atoms with Crippen molar-refractivity contribution in [2.75, 3.05) is 47.6 Å². The fourth-order valence-corrected chi connectivity index (χ4v) is 7.75. The lowest BCUT2D eigenvalue weighted by molar-refractivity contribution is -0.867. The van der Waals surface area contributed by atoms with Crippen LogP contribution in [0.4, 0.5) is 0 Å². The Morgan fingerprint density at radius 1 is 0.680 bits per heavy atom. The van der Waals surface area contributed by atoms with Crippen LogP contribution in [0.15, 0.2) is 12.2 Å². The molecule has 2 N–H and O–H groups in total. The fourth-order valence-electron chi connectivity index (χ4n) is 6.38. The minimum Gasteiger partial charge on any atom is -0.375 e. The molecule has 0 aromatic heterocycles. The van der Waals surface area contributed by atoms with Crippen LogP contribution in [-0.4, -0.2) is 75.0 Å². The Balaban J connectivity index is 4.54. The summed E-state index contributed by atoms with van der Waals surface area (Å²) in [4.78, 5) is 23.5. The minimum atomic E-state index is -3.80. The molecule has 0 aromatic carbocycles. The third kappa shape index (κ3) is 34.4. The van der Waals surface area contributed by atoms with Crippen molar-refractivity contribution in [2.45, 2.75) is 206 Å². The molecule has 1 unspecified atom stereocenters. The van der Waals surface area contributed by atoms with Crippen molar-refractivity contribution in [3.63, 3.8) is 0 Å². The third-order valence-corrected chi connectivity index (χ3v) is 11.1. The Labute approximate surface area is 311 Å². The summed E-state index contributed by atoms with van der Waals surface area (Å²) in [5.41, 5.74) is 0. The second-order valence-electron chi connectivity index (χ2n) is 16.0. The third-order valence-electron chi connectivity index (χ3n) is 9.83. The second-order valence-corrected chi connectivity index (χ2v) is 18.0. The lowest BCUT2D eigenvalue weighted by atomic mass is 10.0. The van der Waals surface area contributed by atoms with Crippen LogP contribution in [0.25, 0.3) is 0 Å². The quantitative estimate of drug-likeness (QED) is 0.0286. The number of rotatable bonds is 38. The normalized spacial score (nSPS) is 14.6. The molecule has 50 heavy (non-hydrogen) atoms. The van der Waals surface area contributed by atoms with Gasteiger partial charge in [0.2, 0.25) is 5.91 Å². The van der Waals surface area contributed by atoms with Crippen molar-refractivity contribution in [2.24, 2.45) is 0 Å². The first-order valence-electron chi connectivity index (χ1n) is 21.3. The van der Waals surface area contributed by atoms with Crippen molar-refractivity contribution >= 4 is 13.5 Å². The van der Waals surface area contributed by atoms with E-state index in [1.807, 2.05) is 27.2 Å². The van der Waals surface area contributed by atoms with Crippen molar-refractivity contribution < 1.29 is 28.0 Å². The highest BCUT2D eigenvalue weighted by Gasteiger charge is 2.28. The number of amides is 1. The highest BCUT2D eigenvalue weighted by molar-refractivity contribution is 7.52. The van der Waals surface area contributed by atoms with E-state index in [9.17, 15) is 14.3 Å². The molecular formula is C42H86N2O5P+. The van der Waals surface area contributed by atoms with Crippen LogP contribution in [0.5, 0.6) is 0 Å². The van der Waals surface area contributed by atoms with Gasteiger partial charge in [-0.2, -0.15) is 0 Å². The van der Waals surface area contributed by atoms with Crippen LogP contribution >= 0.6 is 7.60 Å². The number of nitrogens with zero attached hydrogens (tertiary/aromatic N) is 1. The Bertz CT molecular complexity index is 831. The summed E-state index contributed by atoms with van der Waals surface area (Å²) in [7, 11) is 3.79. The van der Waals surface area contributed by atoms with Gasteiger partial charge >= 0.3 is 7.60 Å². The summed E-state index contributed by atoms with van der Waals surface area (Å²) in [5.74, 6) is -0.0479. The zero-order valence-electron chi connectivity index (χ0n) is 34.2. The summed E-state index contributed by atoms with van der Waals surface area (Å²) in [6, 6.07) is -0.526. The molecule has 0 aliphatic rings. The molecule has 0 saturated carbocycles. The smallest absolute Gasteiger partial charge is 0.333 e. The van der Waals surface area contributed by atoms with E-state index in [0.29, 0.717) is 17.4 Å². The molecule has 0 bridgehead atoms. The number of quaternary nitrogens is 1. The van der Waals surface area contributed by atoms with E-state index >= 15 is 0 Å². The molecule has 298 valence electrons. The largest absolute Gasteiger partial charge is 0.375 e. The van der Waals surface area contributed by atoms with E-state index in [2.05, 4.69) is 25.2 Å². The number of hydrogen-bond acceptors (Lipinski definition) is 4. The number of methoxy groups -OCH3 is 1. The Hall–Kier alpha value is -0.720. The number of carbonyl (C=O) groups is 1. The molecule has 1 amide bonds. The van der Waals surface area contributed by atoms with Crippen molar-refractivity contribution in [1.82, 2.24) is 5.32 Å². The van der Waals surface area contributed by atoms with E-state index in [-0.39, 0.29) is 18.7 Å². The molecule has 0 fully saturated rings. The van der Waals surface area contributed by atoms with Crippen LogP contribution in [0.2, 0.25) is 0 Å². The van der Waals surface area contributed by atoms with Crippen molar-refractivity contribution in [1.29, 1.82) is 0 Å². The van der Waals surface area contributed by atoms with Gasteiger partial charge in [0.25, 0.3) is 0 Å². The van der Waals surface area contributed by atoms with Crippen LogP contribution in [0, 0.1) is 0 Å². The van der Waals surface area contributed by atoms with Crippen molar-refractivity contribution in [3.05, 3.63) is 12.2 Å². The zero-order valence-corrected chi connectivity index (χ0v) is 35.1. The average Bonchev–Trinajstić information content (AvgIpc) is 3.07. The van der Waals surface area contributed by atoms with Crippen LogP contribution < -0.4 is 5.32 Å². The fraction of sp³-hybridized carbons (Fsp3) is 0.929. The number of ether oxygens (including phenoxy) is 1. The molecule has 0 rings (SSSR count). The van der Waals surface area contributed by atoms with Crippen molar-refractivity contribution in [3.8, 4) is 0 Å². The predicted octanol–water partition coefficient (Wildman–Crippen LogP) is 11.9. The SMILES string of the molecule is CCCCCCCCCCCCC/C=C/[C@@H](OC)[C@H](COP(=O)(O)CC[N+](C)(C)C)NC(=O)CCCCCCCCCCCCCCCCC. The maximum Gasteiger partial charge on any atom is 0.333 e. The molecular weight excluding hydrogens is 643 g/mol. The Morgan fingerprint density at radius 2 is 1.08 bits per heavy atom. The molecule has 0 spiro atoms. The molecule has 8 heteroatoms. The first-order chi connectivity index (χ1) is 24.0. The summed E-state index contributed by atoms with van der Waals surface area (Å²) < 4.78 is 24.8. The van der Waals surface area contributed by atoms with Crippen LogP contribution in [-0.2, 0) is 18.6 Å². The van der Waals surface area contributed by atoms with Gasteiger partial charge in [-0.05, 0) is 19.3 Å². The van der Waals surface area contributed by atoms with Crippen LogP contribution in [0.3, 0.4) is 0 Å². The number of allylic oxidation sites excluding steroid dienone is 1. The van der Waals surface area contributed by atoms with Gasteiger partial charge in [-0.1, -0.05) is 180 Å².